The number of aliphatic hydroxyl groups excluding tert-OH is 1. The fourth-order valence-electron chi connectivity index (χ4n) is 0.351. The zero-order valence-corrected chi connectivity index (χ0v) is 4.87. The van der Waals surface area contributed by atoms with Crippen LogP contribution in [0.1, 0.15) is 6.42 Å². The van der Waals surface area contributed by atoms with Crippen LogP contribution in [-0.2, 0) is 4.79 Å². The van der Waals surface area contributed by atoms with Gasteiger partial charge in [0.25, 0.3) is 0 Å². The second-order valence-electron chi connectivity index (χ2n) is 1.45. The Morgan fingerprint density at radius 3 is 2.33 bits per heavy atom. The lowest BCUT2D eigenvalue weighted by molar-refractivity contribution is -0.132. The summed E-state index contributed by atoms with van der Waals surface area (Å²) in [6.07, 6.45) is 2.17. The van der Waals surface area contributed by atoms with E-state index in [4.69, 9.17) is 10.2 Å². The number of hydrogen-bond acceptors (Lipinski definition) is 2. The second kappa shape index (κ2) is 3.72. The molecule has 0 amide bonds. The Morgan fingerprint density at radius 1 is 1.67 bits per heavy atom. The third-order valence-electron chi connectivity index (χ3n) is 0.795. The molecular formula is C6H8O3. The number of hydrogen-bond donors (Lipinski definition) is 2. The second-order valence-corrected chi connectivity index (χ2v) is 1.45. The molecule has 0 aromatic heterocycles. The molecule has 0 fully saturated rings. The van der Waals surface area contributed by atoms with Gasteiger partial charge >= 0.3 is 5.97 Å². The average molecular weight is 128 g/mol. The predicted octanol–water partition coefficient (Wildman–Crippen LogP) is 1.09. The number of aliphatic hydroxyl groups is 1. The molecular weight excluding hydrogens is 120 g/mol. The van der Waals surface area contributed by atoms with Gasteiger partial charge in [0.1, 0.15) is 0 Å². The lowest BCUT2D eigenvalue weighted by atomic mass is 10.2. The van der Waals surface area contributed by atoms with E-state index in [0.717, 1.165) is 0 Å². The quantitative estimate of drug-likeness (QED) is 0.340. The van der Waals surface area contributed by atoms with Gasteiger partial charge < -0.3 is 10.2 Å². The number of allylic oxidation sites excluding steroid dienone is 1. The first-order valence-electron chi connectivity index (χ1n) is 2.39. The average Bonchev–Trinajstić information content (AvgIpc) is 1.82. The minimum atomic E-state index is -1.11. The first kappa shape index (κ1) is 7.75. The van der Waals surface area contributed by atoms with Gasteiger partial charge in [0, 0.05) is 6.42 Å². The van der Waals surface area contributed by atoms with Crippen molar-refractivity contribution in [3.8, 4) is 0 Å². The molecule has 0 saturated heterocycles. The Labute approximate surface area is 52.9 Å². The van der Waals surface area contributed by atoms with Gasteiger partial charge in [-0.25, -0.2) is 4.79 Å². The Bertz CT molecular complexity index is 146. The molecule has 0 unspecified atom stereocenters. The summed E-state index contributed by atoms with van der Waals surface area (Å²) in [7, 11) is 0. The third kappa shape index (κ3) is 2.54. The summed E-state index contributed by atoms with van der Waals surface area (Å²) in [5.74, 6) is -1.11. The summed E-state index contributed by atoms with van der Waals surface area (Å²) in [6, 6.07) is 0. The van der Waals surface area contributed by atoms with Crippen molar-refractivity contribution in [1.82, 2.24) is 0 Å². The molecule has 0 aliphatic heterocycles. The van der Waals surface area contributed by atoms with Crippen LogP contribution in [0, 0.1) is 0 Å². The molecule has 0 heterocycles. The van der Waals surface area contributed by atoms with Crippen LogP contribution in [0.4, 0.5) is 0 Å². The van der Waals surface area contributed by atoms with Crippen molar-refractivity contribution in [2.45, 2.75) is 6.42 Å². The van der Waals surface area contributed by atoms with Gasteiger partial charge in [-0.15, -0.1) is 6.58 Å². The van der Waals surface area contributed by atoms with Crippen molar-refractivity contribution < 1.29 is 15.0 Å². The first-order chi connectivity index (χ1) is 4.22. The Morgan fingerprint density at radius 2 is 2.22 bits per heavy atom. The highest BCUT2D eigenvalue weighted by Crippen LogP contribution is 1.99. The van der Waals surface area contributed by atoms with E-state index in [1.54, 1.807) is 0 Å². The summed E-state index contributed by atoms with van der Waals surface area (Å²) in [5.41, 5.74) is -0.0509. The van der Waals surface area contributed by atoms with Gasteiger partial charge in [-0.1, -0.05) is 6.08 Å². The summed E-state index contributed by atoms with van der Waals surface area (Å²) in [5, 5.41) is 16.5. The van der Waals surface area contributed by atoms with E-state index in [-0.39, 0.29) is 12.0 Å². The number of carboxylic acid groups (broad SMARTS) is 1. The van der Waals surface area contributed by atoms with E-state index in [1.807, 2.05) is 0 Å². The van der Waals surface area contributed by atoms with Crippen LogP contribution in [0.3, 0.4) is 0 Å². The maximum absolute atomic E-state index is 10.0. The molecule has 0 aromatic carbocycles. The van der Waals surface area contributed by atoms with Crippen molar-refractivity contribution >= 4 is 5.97 Å². The molecule has 0 bridgehead atoms. The minimum Gasteiger partial charge on any atom is -0.515 e. The van der Waals surface area contributed by atoms with E-state index in [0.29, 0.717) is 6.26 Å². The van der Waals surface area contributed by atoms with Crippen LogP contribution in [0.5, 0.6) is 0 Å². The molecule has 0 atom stereocenters. The molecule has 0 saturated carbocycles. The van der Waals surface area contributed by atoms with Crippen LogP contribution in [0.2, 0.25) is 0 Å². The smallest absolute Gasteiger partial charge is 0.334 e. The van der Waals surface area contributed by atoms with Crippen molar-refractivity contribution in [2.75, 3.05) is 0 Å². The normalized spacial score (nSPS) is 10.9. The fraction of sp³-hybridized carbons (Fsp3) is 0.167. The van der Waals surface area contributed by atoms with Crippen LogP contribution in [0.25, 0.3) is 0 Å². The first-order valence-corrected chi connectivity index (χ1v) is 2.39. The van der Waals surface area contributed by atoms with E-state index >= 15 is 0 Å². The SMILES string of the molecule is C=CCC(=CO)C(=O)O. The van der Waals surface area contributed by atoms with E-state index in [1.165, 1.54) is 6.08 Å². The molecule has 0 radical (unpaired) electrons. The summed E-state index contributed by atoms with van der Waals surface area (Å²) < 4.78 is 0. The summed E-state index contributed by atoms with van der Waals surface area (Å²) in [6.45, 7) is 3.32. The van der Waals surface area contributed by atoms with Crippen LogP contribution < -0.4 is 0 Å². The molecule has 3 heteroatoms. The number of carbonyl (C=O) groups is 1. The topological polar surface area (TPSA) is 57.5 Å². The van der Waals surface area contributed by atoms with E-state index < -0.39 is 5.97 Å². The van der Waals surface area contributed by atoms with Crippen molar-refractivity contribution in [3.63, 3.8) is 0 Å². The third-order valence-corrected chi connectivity index (χ3v) is 0.795. The number of carboxylic acids is 1. The fourth-order valence-corrected chi connectivity index (χ4v) is 0.351. The zero-order valence-electron chi connectivity index (χ0n) is 4.87. The van der Waals surface area contributed by atoms with Crippen molar-refractivity contribution in [3.05, 3.63) is 24.5 Å². The zero-order chi connectivity index (χ0) is 7.28. The molecule has 50 valence electrons. The largest absolute Gasteiger partial charge is 0.515 e. The van der Waals surface area contributed by atoms with Crippen LogP contribution in [0.15, 0.2) is 24.5 Å². The van der Waals surface area contributed by atoms with Gasteiger partial charge in [0.15, 0.2) is 0 Å². The summed E-state index contributed by atoms with van der Waals surface area (Å²) in [4.78, 5) is 10.0. The van der Waals surface area contributed by atoms with Gasteiger partial charge in [0.05, 0.1) is 11.8 Å². The highest BCUT2D eigenvalue weighted by atomic mass is 16.4. The number of aliphatic carboxylic acids is 1. The molecule has 0 aromatic rings. The van der Waals surface area contributed by atoms with Gasteiger partial charge in [-0.2, -0.15) is 0 Å². The minimum absolute atomic E-state index is 0.0509. The van der Waals surface area contributed by atoms with Gasteiger partial charge in [0.2, 0.25) is 0 Å². The van der Waals surface area contributed by atoms with Gasteiger partial charge in [-0.05, 0) is 0 Å². The molecule has 2 N–H and O–H groups in total. The molecule has 0 aliphatic rings. The Balaban J connectivity index is 4.00. The maximum Gasteiger partial charge on any atom is 0.334 e. The molecule has 0 rings (SSSR count). The van der Waals surface area contributed by atoms with E-state index in [2.05, 4.69) is 6.58 Å². The van der Waals surface area contributed by atoms with E-state index in [9.17, 15) is 4.79 Å². The molecule has 0 spiro atoms. The molecule has 3 nitrogen and oxygen atoms in total. The standard InChI is InChI=1S/C6H8O3/c1-2-3-5(4-7)6(8)9/h2,4,7H,1,3H2,(H,8,9). The monoisotopic (exact) mass is 128 g/mol. The highest BCUT2D eigenvalue weighted by molar-refractivity contribution is 5.86. The molecule has 9 heavy (non-hydrogen) atoms. The summed E-state index contributed by atoms with van der Waals surface area (Å²) >= 11 is 0. The Hall–Kier alpha value is -1.25. The maximum atomic E-state index is 10.0. The predicted molar refractivity (Wildman–Crippen MR) is 33.2 cm³/mol. The highest BCUT2D eigenvalue weighted by Gasteiger charge is 2.02. The number of rotatable bonds is 3. The lowest BCUT2D eigenvalue weighted by Crippen LogP contribution is -1.98. The lowest BCUT2D eigenvalue weighted by Gasteiger charge is -1.91. The van der Waals surface area contributed by atoms with Gasteiger partial charge in [-0.3, -0.25) is 0 Å². The Kier molecular flexibility index (Phi) is 3.20. The molecule has 0 aliphatic carbocycles. The van der Waals surface area contributed by atoms with Crippen molar-refractivity contribution in [2.24, 2.45) is 0 Å². The van der Waals surface area contributed by atoms with Crippen LogP contribution >= 0.6 is 0 Å². The van der Waals surface area contributed by atoms with Crippen LogP contribution in [-0.4, -0.2) is 16.2 Å². The van der Waals surface area contributed by atoms with Crippen molar-refractivity contribution in [1.29, 1.82) is 0 Å².